The van der Waals surface area contributed by atoms with Gasteiger partial charge < -0.3 is 4.90 Å². The zero-order valence-electron chi connectivity index (χ0n) is 17.7. The third-order valence-electron chi connectivity index (χ3n) is 6.84. The van der Waals surface area contributed by atoms with Gasteiger partial charge in [0, 0.05) is 38.8 Å². The molecule has 2 aliphatic heterocycles. The van der Waals surface area contributed by atoms with Gasteiger partial charge in [0.05, 0.1) is 5.69 Å². The van der Waals surface area contributed by atoms with Gasteiger partial charge >= 0.3 is 0 Å². The Bertz CT molecular complexity index is 779. The van der Waals surface area contributed by atoms with Gasteiger partial charge in [-0.1, -0.05) is 36.8 Å². The molecule has 29 heavy (non-hydrogen) atoms. The summed E-state index contributed by atoms with van der Waals surface area (Å²) in [4.78, 5) is 18.0. The SMILES string of the molecule is Cn1nccc1CN1CCC([C@H]2CCCCN(CCc3ccccc3)C2=O)CC1. The van der Waals surface area contributed by atoms with Crippen LogP contribution in [0.5, 0.6) is 0 Å². The normalized spacial score (nSPS) is 22.0. The Hall–Kier alpha value is -2.14. The third kappa shape index (κ3) is 5.08. The van der Waals surface area contributed by atoms with Gasteiger partial charge in [-0.25, -0.2) is 0 Å². The number of likely N-dealkylation sites (tertiary alicyclic amines) is 2. The van der Waals surface area contributed by atoms with Crippen LogP contribution < -0.4 is 0 Å². The molecule has 1 aromatic carbocycles. The second-order valence-electron chi connectivity index (χ2n) is 8.72. The first kappa shape index (κ1) is 20.1. The Morgan fingerprint density at radius 1 is 1.00 bits per heavy atom. The quantitative estimate of drug-likeness (QED) is 0.753. The number of nitrogens with zero attached hydrogens (tertiary/aromatic N) is 4. The summed E-state index contributed by atoms with van der Waals surface area (Å²) in [6.07, 6.45) is 8.53. The van der Waals surface area contributed by atoms with Crippen molar-refractivity contribution in [1.29, 1.82) is 0 Å². The number of benzene rings is 1. The summed E-state index contributed by atoms with van der Waals surface area (Å²) in [6.45, 7) is 4.93. The van der Waals surface area contributed by atoms with Crippen molar-refractivity contribution in [3.8, 4) is 0 Å². The molecule has 0 N–H and O–H groups in total. The average Bonchev–Trinajstić information content (AvgIpc) is 3.06. The number of carbonyl (C=O) groups is 1. The Morgan fingerprint density at radius 2 is 1.79 bits per heavy atom. The zero-order chi connectivity index (χ0) is 20.1. The lowest BCUT2D eigenvalue weighted by atomic mass is 9.81. The molecular weight excluding hydrogens is 360 g/mol. The van der Waals surface area contributed by atoms with Gasteiger partial charge in [0.15, 0.2) is 0 Å². The molecule has 2 aliphatic rings. The fourth-order valence-electron chi connectivity index (χ4n) is 5.00. The van der Waals surface area contributed by atoms with Crippen LogP contribution in [-0.4, -0.2) is 51.7 Å². The molecule has 1 aromatic heterocycles. The van der Waals surface area contributed by atoms with Gasteiger partial charge in [-0.05, 0) is 62.7 Å². The number of carbonyl (C=O) groups excluding carboxylic acids is 1. The van der Waals surface area contributed by atoms with E-state index >= 15 is 0 Å². The van der Waals surface area contributed by atoms with Crippen LogP contribution in [0.15, 0.2) is 42.6 Å². The van der Waals surface area contributed by atoms with Gasteiger partial charge in [0.2, 0.25) is 5.91 Å². The molecule has 0 radical (unpaired) electrons. The van der Waals surface area contributed by atoms with Crippen molar-refractivity contribution < 1.29 is 4.79 Å². The highest BCUT2D eigenvalue weighted by atomic mass is 16.2. The monoisotopic (exact) mass is 394 g/mol. The summed E-state index contributed by atoms with van der Waals surface area (Å²) in [5.41, 5.74) is 2.59. The maximum absolute atomic E-state index is 13.3. The van der Waals surface area contributed by atoms with Crippen molar-refractivity contribution in [3.05, 3.63) is 53.9 Å². The summed E-state index contributed by atoms with van der Waals surface area (Å²) in [6, 6.07) is 12.7. The number of aryl methyl sites for hydroxylation is 1. The second kappa shape index (κ2) is 9.57. The Kier molecular flexibility index (Phi) is 6.65. The van der Waals surface area contributed by atoms with Gasteiger partial charge in [0.1, 0.15) is 0 Å². The van der Waals surface area contributed by atoms with Gasteiger partial charge in [-0.2, -0.15) is 5.10 Å². The molecule has 1 atom stereocenters. The molecule has 0 aliphatic carbocycles. The molecule has 0 saturated carbocycles. The molecule has 5 heteroatoms. The molecule has 2 saturated heterocycles. The van der Waals surface area contributed by atoms with Gasteiger partial charge in [0.25, 0.3) is 0 Å². The number of amides is 1. The summed E-state index contributed by atoms with van der Waals surface area (Å²) < 4.78 is 1.96. The average molecular weight is 395 g/mol. The molecule has 4 rings (SSSR count). The Labute approximate surface area is 174 Å². The van der Waals surface area contributed by atoms with Crippen molar-refractivity contribution in [2.45, 2.75) is 45.1 Å². The maximum atomic E-state index is 13.3. The van der Waals surface area contributed by atoms with Crippen LogP contribution in [0.2, 0.25) is 0 Å². The number of piperidine rings is 1. The van der Waals surface area contributed by atoms with E-state index in [1.165, 1.54) is 17.7 Å². The van der Waals surface area contributed by atoms with E-state index in [0.29, 0.717) is 11.8 Å². The standard InChI is InChI=1S/C24H34N4O/c1-26-22(10-14-25-26)19-27-16-12-21(13-17-27)23-9-5-6-15-28(24(23)29)18-11-20-7-3-2-4-8-20/h2-4,7-8,10,14,21,23H,5-6,9,11-13,15-19H2,1H3/t23-/m1/s1. The van der Waals surface area contributed by atoms with E-state index in [0.717, 1.165) is 64.8 Å². The van der Waals surface area contributed by atoms with Crippen molar-refractivity contribution in [3.63, 3.8) is 0 Å². The lowest BCUT2D eigenvalue weighted by molar-refractivity contribution is -0.137. The van der Waals surface area contributed by atoms with Crippen LogP contribution in [0.1, 0.15) is 43.4 Å². The zero-order valence-corrected chi connectivity index (χ0v) is 17.7. The van der Waals surface area contributed by atoms with Crippen LogP contribution in [0.25, 0.3) is 0 Å². The number of rotatable bonds is 6. The smallest absolute Gasteiger partial charge is 0.225 e. The first-order valence-electron chi connectivity index (χ1n) is 11.2. The van der Waals surface area contributed by atoms with Crippen LogP contribution >= 0.6 is 0 Å². The molecule has 0 unspecified atom stereocenters. The molecular formula is C24H34N4O. The maximum Gasteiger partial charge on any atom is 0.225 e. The first-order valence-corrected chi connectivity index (χ1v) is 11.2. The van der Waals surface area contributed by atoms with Crippen molar-refractivity contribution in [1.82, 2.24) is 19.6 Å². The van der Waals surface area contributed by atoms with E-state index in [2.05, 4.69) is 51.3 Å². The van der Waals surface area contributed by atoms with Crippen molar-refractivity contribution >= 4 is 5.91 Å². The highest BCUT2D eigenvalue weighted by molar-refractivity contribution is 5.79. The number of hydrogen-bond donors (Lipinski definition) is 0. The summed E-state index contributed by atoms with van der Waals surface area (Å²) in [7, 11) is 2.01. The highest BCUT2D eigenvalue weighted by Gasteiger charge is 2.35. The summed E-state index contributed by atoms with van der Waals surface area (Å²) >= 11 is 0. The van der Waals surface area contributed by atoms with E-state index in [9.17, 15) is 4.79 Å². The lowest BCUT2D eigenvalue weighted by Gasteiger charge is -2.36. The molecule has 5 nitrogen and oxygen atoms in total. The van der Waals surface area contributed by atoms with Crippen LogP contribution in [-0.2, 0) is 24.8 Å². The fourth-order valence-corrected chi connectivity index (χ4v) is 5.00. The minimum Gasteiger partial charge on any atom is -0.342 e. The Balaban J connectivity index is 1.31. The van der Waals surface area contributed by atoms with Crippen LogP contribution in [0.3, 0.4) is 0 Å². The molecule has 2 aromatic rings. The van der Waals surface area contributed by atoms with Gasteiger partial charge in [-0.3, -0.25) is 14.4 Å². The summed E-state index contributed by atoms with van der Waals surface area (Å²) in [5.74, 6) is 1.19. The van der Waals surface area contributed by atoms with Crippen LogP contribution in [0, 0.1) is 11.8 Å². The first-order chi connectivity index (χ1) is 14.2. The fraction of sp³-hybridized carbons (Fsp3) is 0.583. The van der Waals surface area contributed by atoms with E-state index in [1.54, 1.807) is 0 Å². The van der Waals surface area contributed by atoms with E-state index in [-0.39, 0.29) is 5.92 Å². The summed E-state index contributed by atoms with van der Waals surface area (Å²) in [5, 5.41) is 4.28. The topological polar surface area (TPSA) is 41.4 Å². The highest BCUT2D eigenvalue weighted by Crippen LogP contribution is 2.32. The molecule has 2 fully saturated rings. The molecule has 156 valence electrons. The van der Waals surface area contributed by atoms with E-state index < -0.39 is 0 Å². The van der Waals surface area contributed by atoms with E-state index in [4.69, 9.17) is 0 Å². The van der Waals surface area contributed by atoms with Crippen molar-refractivity contribution in [2.75, 3.05) is 26.2 Å². The van der Waals surface area contributed by atoms with Crippen molar-refractivity contribution in [2.24, 2.45) is 18.9 Å². The minimum absolute atomic E-state index is 0.229. The van der Waals surface area contributed by atoms with Crippen LogP contribution in [0.4, 0.5) is 0 Å². The minimum atomic E-state index is 0.229. The largest absolute Gasteiger partial charge is 0.342 e. The molecule has 3 heterocycles. The third-order valence-corrected chi connectivity index (χ3v) is 6.84. The Morgan fingerprint density at radius 3 is 2.52 bits per heavy atom. The number of hydrogen-bond acceptors (Lipinski definition) is 3. The predicted octanol–water partition coefficient (Wildman–Crippen LogP) is 3.50. The number of aromatic nitrogens is 2. The molecule has 0 bridgehead atoms. The van der Waals surface area contributed by atoms with E-state index in [1.807, 2.05) is 17.9 Å². The lowest BCUT2D eigenvalue weighted by Crippen LogP contribution is -2.43. The predicted molar refractivity (Wildman–Crippen MR) is 115 cm³/mol. The molecule has 1 amide bonds. The molecule has 0 spiro atoms. The second-order valence-corrected chi connectivity index (χ2v) is 8.72. The van der Waals surface area contributed by atoms with Gasteiger partial charge in [-0.15, -0.1) is 0 Å².